The summed E-state index contributed by atoms with van der Waals surface area (Å²) in [4.78, 5) is 48.6. The second-order valence-electron chi connectivity index (χ2n) is 5.75. The predicted molar refractivity (Wildman–Crippen MR) is 106 cm³/mol. The van der Waals surface area contributed by atoms with E-state index in [1.54, 1.807) is 24.3 Å². The van der Waals surface area contributed by atoms with Crippen molar-refractivity contribution in [2.75, 3.05) is 11.9 Å². The summed E-state index contributed by atoms with van der Waals surface area (Å²) in [6.45, 7) is -0.424. The summed E-state index contributed by atoms with van der Waals surface area (Å²) < 4.78 is 0. The molecule has 0 unspecified atom stereocenters. The quantitative estimate of drug-likeness (QED) is 0.720. The fourth-order valence-electron chi connectivity index (χ4n) is 2.42. The summed E-state index contributed by atoms with van der Waals surface area (Å²) in [6.07, 6.45) is 1.48. The number of imide groups is 1. The highest BCUT2D eigenvalue weighted by atomic mass is 35.5. The Morgan fingerprint density at radius 3 is 2.50 bits per heavy atom. The van der Waals surface area contributed by atoms with Gasteiger partial charge >= 0.3 is 5.97 Å². The van der Waals surface area contributed by atoms with Gasteiger partial charge in [-0.05, 0) is 53.7 Å². The Labute approximate surface area is 169 Å². The summed E-state index contributed by atoms with van der Waals surface area (Å²) in [7, 11) is 0. The molecule has 142 valence electrons. The maximum atomic E-state index is 12.5. The normalized spacial score (nSPS) is 15.2. The number of anilines is 1. The number of carbonyl (C=O) groups excluding carboxylic acids is 3. The molecule has 0 bridgehead atoms. The first-order valence-corrected chi connectivity index (χ1v) is 9.17. The van der Waals surface area contributed by atoms with Gasteiger partial charge in [0.25, 0.3) is 11.1 Å². The number of carboxylic acid groups (broad SMARTS) is 1. The third-order valence-corrected chi connectivity index (χ3v) is 4.88. The van der Waals surface area contributed by atoms with E-state index < -0.39 is 29.6 Å². The van der Waals surface area contributed by atoms with Gasteiger partial charge in [0, 0.05) is 10.7 Å². The summed E-state index contributed by atoms with van der Waals surface area (Å²) in [6, 6.07) is 12.4. The van der Waals surface area contributed by atoms with Crippen molar-refractivity contribution in [3.8, 4) is 0 Å². The molecule has 0 spiro atoms. The molecule has 1 heterocycles. The molecule has 1 aliphatic rings. The number of nitrogens with one attached hydrogen (secondary N) is 1. The number of carboxylic acids is 1. The number of rotatable bonds is 5. The van der Waals surface area contributed by atoms with Crippen LogP contribution in [0.1, 0.15) is 15.9 Å². The van der Waals surface area contributed by atoms with Crippen LogP contribution >= 0.6 is 23.4 Å². The van der Waals surface area contributed by atoms with Crippen molar-refractivity contribution in [1.29, 1.82) is 0 Å². The maximum Gasteiger partial charge on any atom is 0.335 e. The van der Waals surface area contributed by atoms with Crippen LogP contribution in [0.3, 0.4) is 0 Å². The van der Waals surface area contributed by atoms with Crippen LogP contribution in [0.25, 0.3) is 6.08 Å². The lowest BCUT2D eigenvalue weighted by atomic mass is 10.1. The van der Waals surface area contributed by atoms with Crippen molar-refractivity contribution < 1.29 is 24.3 Å². The molecule has 9 heteroatoms. The van der Waals surface area contributed by atoms with Crippen LogP contribution in [0.15, 0.2) is 53.4 Å². The highest BCUT2D eigenvalue weighted by Crippen LogP contribution is 2.32. The lowest BCUT2D eigenvalue weighted by Crippen LogP contribution is -2.36. The van der Waals surface area contributed by atoms with Gasteiger partial charge in [0.05, 0.1) is 10.5 Å². The molecule has 2 aromatic rings. The first-order chi connectivity index (χ1) is 13.3. The summed E-state index contributed by atoms with van der Waals surface area (Å²) in [5, 5.41) is 11.4. The Kier molecular flexibility index (Phi) is 5.81. The van der Waals surface area contributed by atoms with Crippen LogP contribution in [-0.4, -0.2) is 39.6 Å². The van der Waals surface area contributed by atoms with Crippen molar-refractivity contribution in [3.05, 3.63) is 69.6 Å². The summed E-state index contributed by atoms with van der Waals surface area (Å²) >= 11 is 6.57. The number of aromatic carboxylic acids is 1. The molecule has 7 nitrogen and oxygen atoms in total. The van der Waals surface area contributed by atoms with E-state index in [0.29, 0.717) is 16.3 Å². The van der Waals surface area contributed by atoms with E-state index in [0.717, 1.165) is 16.7 Å². The summed E-state index contributed by atoms with van der Waals surface area (Å²) in [5.41, 5.74) is 1.14. The Morgan fingerprint density at radius 1 is 1.14 bits per heavy atom. The Morgan fingerprint density at radius 2 is 1.86 bits per heavy atom. The fraction of sp³-hybridized carbons (Fsp3) is 0.0526. The molecule has 1 saturated heterocycles. The molecular formula is C19H13ClN2O5S. The number of thioether (sulfide) groups is 1. The summed E-state index contributed by atoms with van der Waals surface area (Å²) in [5.74, 6) is -2.17. The first kappa shape index (κ1) is 19.7. The largest absolute Gasteiger partial charge is 0.478 e. The predicted octanol–water partition coefficient (Wildman–Crippen LogP) is 3.71. The van der Waals surface area contributed by atoms with E-state index in [9.17, 15) is 19.2 Å². The van der Waals surface area contributed by atoms with Crippen molar-refractivity contribution in [2.24, 2.45) is 0 Å². The number of hydrogen-bond donors (Lipinski definition) is 2. The molecule has 0 aliphatic carbocycles. The lowest BCUT2D eigenvalue weighted by Gasteiger charge is -2.12. The third-order valence-electron chi connectivity index (χ3n) is 3.74. The second-order valence-corrected chi connectivity index (χ2v) is 7.18. The number of nitrogens with zero attached hydrogens (tertiary/aromatic N) is 1. The highest BCUT2D eigenvalue weighted by Gasteiger charge is 2.36. The number of hydrogen-bond acceptors (Lipinski definition) is 5. The average molecular weight is 417 g/mol. The molecule has 2 aromatic carbocycles. The topological polar surface area (TPSA) is 104 Å². The molecule has 28 heavy (non-hydrogen) atoms. The molecule has 3 rings (SSSR count). The van der Waals surface area contributed by atoms with E-state index >= 15 is 0 Å². The monoisotopic (exact) mass is 416 g/mol. The average Bonchev–Trinajstić information content (AvgIpc) is 2.89. The van der Waals surface area contributed by atoms with Crippen LogP contribution in [0.2, 0.25) is 5.02 Å². The van der Waals surface area contributed by atoms with E-state index in [1.807, 2.05) is 0 Å². The van der Waals surface area contributed by atoms with Gasteiger partial charge in [0.2, 0.25) is 5.91 Å². The van der Waals surface area contributed by atoms with Gasteiger partial charge in [0.1, 0.15) is 6.54 Å². The number of benzene rings is 2. The van der Waals surface area contributed by atoms with Gasteiger partial charge in [-0.3, -0.25) is 19.3 Å². The number of amides is 3. The smallest absolute Gasteiger partial charge is 0.335 e. The van der Waals surface area contributed by atoms with Crippen LogP contribution in [0.5, 0.6) is 0 Å². The van der Waals surface area contributed by atoms with Crippen LogP contribution < -0.4 is 5.32 Å². The van der Waals surface area contributed by atoms with Crippen LogP contribution in [-0.2, 0) is 9.59 Å². The fourth-order valence-corrected chi connectivity index (χ4v) is 3.45. The standard InChI is InChI=1S/C19H13ClN2O5S/c20-13-2-1-3-14(9-13)21-16(23)10-22-17(24)15(28-19(22)27)8-11-4-6-12(7-5-11)18(25)26/h1-9H,10H2,(H,21,23)(H,25,26)/b15-8-. The zero-order chi connectivity index (χ0) is 20.3. The molecule has 1 fully saturated rings. The lowest BCUT2D eigenvalue weighted by molar-refractivity contribution is -0.127. The zero-order valence-electron chi connectivity index (χ0n) is 14.2. The Balaban J connectivity index is 1.69. The molecule has 0 saturated carbocycles. The molecule has 3 amide bonds. The third kappa shape index (κ3) is 4.59. The van der Waals surface area contributed by atoms with Crippen molar-refractivity contribution in [3.63, 3.8) is 0 Å². The molecule has 0 aromatic heterocycles. The Bertz CT molecular complexity index is 1000. The van der Waals surface area contributed by atoms with Crippen molar-refractivity contribution in [1.82, 2.24) is 4.90 Å². The van der Waals surface area contributed by atoms with Gasteiger partial charge in [-0.1, -0.05) is 29.8 Å². The SMILES string of the molecule is O=C(CN1C(=O)S/C(=C\c2ccc(C(=O)O)cc2)C1=O)Nc1cccc(Cl)c1. The first-order valence-electron chi connectivity index (χ1n) is 7.97. The van der Waals surface area contributed by atoms with Gasteiger partial charge in [0.15, 0.2) is 0 Å². The number of carbonyl (C=O) groups is 4. The van der Waals surface area contributed by atoms with E-state index in [2.05, 4.69) is 5.32 Å². The van der Waals surface area contributed by atoms with E-state index in [1.165, 1.54) is 30.3 Å². The maximum absolute atomic E-state index is 12.5. The molecule has 0 radical (unpaired) electrons. The highest BCUT2D eigenvalue weighted by molar-refractivity contribution is 8.18. The Hall–Kier alpha value is -3.10. The van der Waals surface area contributed by atoms with Gasteiger partial charge in [-0.2, -0.15) is 0 Å². The molecule has 0 atom stereocenters. The van der Waals surface area contributed by atoms with E-state index in [-0.39, 0.29) is 10.5 Å². The minimum absolute atomic E-state index is 0.114. The van der Waals surface area contributed by atoms with Crippen LogP contribution in [0.4, 0.5) is 10.5 Å². The van der Waals surface area contributed by atoms with Gasteiger partial charge in [-0.15, -0.1) is 0 Å². The zero-order valence-corrected chi connectivity index (χ0v) is 15.8. The van der Waals surface area contributed by atoms with Crippen molar-refractivity contribution >= 4 is 58.1 Å². The second kappa shape index (κ2) is 8.28. The van der Waals surface area contributed by atoms with Crippen LogP contribution in [0, 0.1) is 0 Å². The molecule has 1 aliphatic heterocycles. The van der Waals surface area contributed by atoms with E-state index in [4.69, 9.17) is 16.7 Å². The molecular weight excluding hydrogens is 404 g/mol. The molecule has 2 N–H and O–H groups in total. The minimum Gasteiger partial charge on any atom is -0.478 e. The van der Waals surface area contributed by atoms with Gasteiger partial charge < -0.3 is 10.4 Å². The van der Waals surface area contributed by atoms with Crippen molar-refractivity contribution in [2.45, 2.75) is 0 Å². The number of halogens is 1. The minimum atomic E-state index is -1.06. The van der Waals surface area contributed by atoms with Gasteiger partial charge in [-0.25, -0.2) is 4.79 Å².